The van der Waals surface area contributed by atoms with Gasteiger partial charge in [-0.15, -0.1) is 0 Å². The molecule has 0 aliphatic rings. The minimum Gasteiger partial charge on any atom is -0.462 e. The van der Waals surface area contributed by atoms with Crippen molar-refractivity contribution < 1.29 is 37.6 Å². The van der Waals surface area contributed by atoms with Crippen molar-refractivity contribution in [2.24, 2.45) is 5.73 Å². The number of hydrogen-bond acceptors (Lipinski definition) is 8. The minimum absolute atomic E-state index is 0.0527. The van der Waals surface area contributed by atoms with Crippen molar-refractivity contribution in [2.45, 2.75) is 180 Å². The van der Waals surface area contributed by atoms with Crippen molar-refractivity contribution in [1.82, 2.24) is 0 Å². The first-order chi connectivity index (χ1) is 23.3. The highest BCUT2D eigenvalue weighted by atomic mass is 31.2. The molecule has 0 bridgehead atoms. The van der Waals surface area contributed by atoms with E-state index in [1.807, 2.05) is 0 Å². The van der Waals surface area contributed by atoms with Crippen molar-refractivity contribution in [3.8, 4) is 0 Å². The van der Waals surface area contributed by atoms with Gasteiger partial charge in [-0.3, -0.25) is 18.6 Å². The molecule has 0 aromatic carbocycles. The molecule has 9 nitrogen and oxygen atoms in total. The lowest BCUT2D eigenvalue weighted by Crippen LogP contribution is -2.29. The molecule has 3 N–H and O–H groups in total. The Bertz CT molecular complexity index is 851. The summed E-state index contributed by atoms with van der Waals surface area (Å²) in [5, 5.41) is 0. The molecular weight excluding hydrogens is 629 g/mol. The number of carbonyl (C=O) groups is 2. The van der Waals surface area contributed by atoms with Gasteiger partial charge in [0.2, 0.25) is 0 Å². The average molecular weight is 702 g/mol. The van der Waals surface area contributed by atoms with Crippen molar-refractivity contribution in [3.05, 3.63) is 24.3 Å². The Morgan fingerprint density at radius 1 is 0.625 bits per heavy atom. The molecule has 0 rings (SSSR count). The first-order valence-corrected chi connectivity index (χ1v) is 20.8. The van der Waals surface area contributed by atoms with Gasteiger partial charge in [0.25, 0.3) is 0 Å². The van der Waals surface area contributed by atoms with Crippen LogP contribution in [0, 0.1) is 0 Å². The maximum absolute atomic E-state index is 12.5. The molecule has 0 spiro atoms. The molecule has 48 heavy (non-hydrogen) atoms. The van der Waals surface area contributed by atoms with Crippen LogP contribution in [0.25, 0.3) is 0 Å². The summed E-state index contributed by atoms with van der Waals surface area (Å²) in [6, 6.07) is 0. The van der Waals surface area contributed by atoms with E-state index in [0.717, 1.165) is 57.8 Å². The summed E-state index contributed by atoms with van der Waals surface area (Å²) in [4.78, 5) is 34.7. The second kappa shape index (κ2) is 35.3. The second-order valence-electron chi connectivity index (χ2n) is 12.8. The lowest BCUT2D eigenvalue weighted by molar-refractivity contribution is -0.161. The SMILES string of the molecule is CCCCC/C=C\C/C=C\CCCCCCCC(=O)OC[C@H](COP(=O)(O)OCCN)OC(=O)CCCCCCCCCCCCCC. The fourth-order valence-corrected chi connectivity index (χ4v) is 5.96. The zero-order chi connectivity index (χ0) is 35.4. The van der Waals surface area contributed by atoms with Crippen LogP contribution in [0.5, 0.6) is 0 Å². The molecule has 1 unspecified atom stereocenters. The monoisotopic (exact) mass is 701 g/mol. The normalized spacial score (nSPS) is 13.7. The van der Waals surface area contributed by atoms with Crippen LogP contribution in [0.3, 0.4) is 0 Å². The number of rotatable bonds is 36. The number of allylic oxidation sites excluding steroid dienone is 4. The largest absolute Gasteiger partial charge is 0.472 e. The molecule has 0 heterocycles. The molecule has 0 aromatic heterocycles. The number of hydrogen-bond donors (Lipinski definition) is 2. The highest BCUT2D eigenvalue weighted by Gasteiger charge is 2.25. The molecule has 0 radical (unpaired) electrons. The van der Waals surface area contributed by atoms with Gasteiger partial charge in [-0.2, -0.15) is 0 Å². The predicted octanol–water partition coefficient (Wildman–Crippen LogP) is 10.4. The summed E-state index contributed by atoms with van der Waals surface area (Å²) in [6.45, 7) is 3.68. The molecule has 10 heteroatoms. The first kappa shape index (κ1) is 46.5. The fourth-order valence-electron chi connectivity index (χ4n) is 5.19. The van der Waals surface area contributed by atoms with Gasteiger partial charge in [0, 0.05) is 19.4 Å². The van der Waals surface area contributed by atoms with Gasteiger partial charge in [0.1, 0.15) is 6.61 Å². The van der Waals surface area contributed by atoms with Crippen molar-refractivity contribution >= 4 is 19.8 Å². The number of esters is 2. The van der Waals surface area contributed by atoms with Gasteiger partial charge in [0.05, 0.1) is 13.2 Å². The molecule has 282 valence electrons. The number of nitrogens with two attached hydrogens (primary N) is 1. The number of carbonyl (C=O) groups excluding carboxylic acids is 2. The van der Waals surface area contributed by atoms with Gasteiger partial charge in [-0.25, -0.2) is 4.57 Å². The summed E-state index contributed by atoms with van der Waals surface area (Å²) in [6.07, 6.45) is 34.9. The van der Waals surface area contributed by atoms with E-state index < -0.39 is 32.5 Å². The van der Waals surface area contributed by atoms with Crippen LogP contribution in [0.2, 0.25) is 0 Å². The van der Waals surface area contributed by atoms with Gasteiger partial charge in [-0.1, -0.05) is 141 Å². The van der Waals surface area contributed by atoms with Crippen molar-refractivity contribution in [1.29, 1.82) is 0 Å². The number of phosphoric acid groups is 1. The third-order valence-electron chi connectivity index (χ3n) is 8.09. The average Bonchev–Trinajstić information content (AvgIpc) is 3.07. The fraction of sp³-hybridized carbons (Fsp3) is 0.842. The van der Waals surface area contributed by atoms with Gasteiger partial charge in [-0.05, 0) is 44.9 Å². The molecule has 0 aliphatic carbocycles. The number of unbranched alkanes of at least 4 members (excludes halogenated alkanes) is 19. The van der Waals surface area contributed by atoms with E-state index in [9.17, 15) is 19.0 Å². The maximum atomic E-state index is 12.5. The molecule has 2 atom stereocenters. The standard InChI is InChI=1S/C38H72NO8P/c1-3-5-7-9-11-13-15-17-18-19-21-22-24-26-28-30-37(40)44-34-36(35-46-48(42,43)45-33-32-39)47-38(41)31-29-27-25-23-20-16-14-12-10-8-6-4-2/h11,13,17-18,36H,3-10,12,14-16,19-35,39H2,1-2H3,(H,42,43)/b13-11-,18-17-/t36-/m1/s1. The van der Waals surface area contributed by atoms with Gasteiger partial charge >= 0.3 is 19.8 Å². The molecule has 0 aromatic rings. The molecule has 0 aliphatic heterocycles. The van der Waals surface area contributed by atoms with Crippen molar-refractivity contribution in [2.75, 3.05) is 26.4 Å². The Morgan fingerprint density at radius 2 is 1.08 bits per heavy atom. The van der Waals surface area contributed by atoms with E-state index in [4.69, 9.17) is 24.3 Å². The molecule has 0 saturated heterocycles. The van der Waals surface area contributed by atoms with Crippen LogP contribution in [-0.2, 0) is 32.7 Å². The molecule has 0 saturated carbocycles. The topological polar surface area (TPSA) is 134 Å². The van der Waals surface area contributed by atoms with Crippen LogP contribution in [-0.4, -0.2) is 49.3 Å². The predicted molar refractivity (Wildman–Crippen MR) is 197 cm³/mol. The molecule has 0 amide bonds. The zero-order valence-corrected chi connectivity index (χ0v) is 31.6. The quantitative estimate of drug-likeness (QED) is 0.0283. The summed E-state index contributed by atoms with van der Waals surface area (Å²) in [5.41, 5.74) is 5.33. The van der Waals surface area contributed by atoms with Crippen LogP contribution in [0.1, 0.15) is 174 Å². The summed E-state index contributed by atoms with van der Waals surface area (Å²) >= 11 is 0. The lowest BCUT2D eigenvalue weighted by Gasteiger charge is -2.19. The Hall–Kier alpha value is -1.51. The summed E-state index contributed by atoms with van der Waals surface area (Å²) in [7, 11) is -4.37. The summed E-state index contributed by atoms with van der Waals surface area (Å²) < 4.78 is 32.6. The Kier molecular flexibility index (Phi) is 34.2. The van der Waals surface area contributed by atoms with E-state index in [1.54, 1.807) is 0 Å². The van der Waals surface area contributed by atoms with Gasteiger partial charge in [0.15, 0.2) is 6.10 Å². The Balaban J connectivity index is 4.23. The lowest BCUT2D eigenvalue weighted by atomic mass is 10.0. The van der Waals surface area contributed by atoms with E-state index in [0.29, 0.717) is 6.42 Å². The zero-order valence-electron chi connectivity index (χ0n) is 30.7. The van der Waals surface area contributed by atoms with Gasteiger partial charge < -0.3 is 20.1 Å². The maximum Gasteiger partial charge on any atom is 0.472 e. The highest BCUT2D eigenvalue weighted by Crippen LogP contribution is 2.43. The van der Waals surface area contributed by atoms with E-state index in [-0.39, 0.29) is 32.6 Å². The first-order valence-electron chi connectivity index (χ1n) is 19.3. The van der Waals surface area contributed by atoms with E-state index >= 15 is 0 Å². The van der Waals surface area contributed by atoms with E-state index in [2.05, 4.69) is 38.2 Å². The number of phosphoric ester groups is 1. The smallest absolute Gasteiger partial charge is 0.462 e. The summed E-state index contributed by atoms with van der Waals surface area (Å²) in [5.74, 6) is -0.842. The van der Waals surface area contributed by atoms with Crippen LogP contribution < -0.4 is 5.73 Å². The highest BCUT2D eigenvalue weighted by molar-refractivity contribution is 7.47. The van der Waals surface area contributed by atoms with Crippen LogP contribution in [0.4, 0.5) is 0 Å². The third kappa shape index (κ3) is 34.4. The van der Waals surface area contributed by atoms with Crippen LogP contribution in [0.15, 0.2) is 24.3 Å². The molecular formula is C38H72NO8P. The Morgan fingerprint density at radius 3 is 1.62 bits per heavy atom. The van der Waals surface area contributed by atoms with E-state index in [1.165, 1.54) is 83.5 Å². The molecule has 0 fully saturated rings. The number of ether oxygens (including phenoxy) is 2. The van der Waals surface area contributed by atoms with Crippen molar-refractivity contribution in [3.63, 3.8) is 0 Å². The van der Waals surface area contributed by atoms with Crippen LogP contribution >= 0.6 is 7.82 Å². The minimum atomic E-state index is -4.37. The third-order valence-corrected chi connectivity index (χ3v) is 9.07. The Labute approximate surface area is 293 Å². The second-order valence-corrected chi connectivity index (χ2v) is 14.3.